The first-order chi connectivity index (χ1) is 5.69. The van der Waals surface area contributed by atoms with Crippen LogP contribution in [0.25, 0.3) is 0 Å². The molecule has 0 spiro atoms. The normalized spacial score (nSPS) is 9.42. The van der Waals surface area contributed by atoms with Gasteiger partial charge in [-0.2, -0.15) is 0 Å². The monoisotopic (exact) mass is 166 g/mol. The van der Waals surface area contributed by atoms with E-state index in [1.807, 2.05) is 0 Å². The molecule has 12 heavy (non-hydrogen) atoms. The largest absolute Gasteiger partial charge is 0.398 e. The Morgan fingerprint density at radius 2 is 2.25 bits per heavy atom. The fraction of sp³-hybridized carbons (Fsp3) is 0.143. The lowest BCUT2D eigenvalue weighted by Gasteiger charge is -2.06. The third kappa shape index (κ3) is 1.29. The number of rotatable bonds is 2. The Balaban J connectivity index is 3.33. The number of aldehydes is 1. The van der Waals surface area contributed by atoms with Gasteiger partial charge in [0.1, 0.15) is 11.6 Å². The molecule has 1 aromatic heterocycles. The first kappa shape index (κ1) is 8.32. The van der Waals surface area contributed by atoms with Crippen molar-refractivity contribution in [3.8, 4) is 0 Å². The molecule has 1 heterocycles. The molecule has 0 aliphatic heterocycles. The lowest BCUT2D eigenvalue weighted by molar-refractivity contribution is 0.112. The summed E-state index contributed by atoms with van der Waals surface area (Å²) in [5, 5.41) is 2.73. The summed E-state index contributed by atoms with van der Waals surface area (Å²) in [5.41, 5.74) is 11.6. The zero-order chi connectivity index (χ0) is 9.14. The topological polar surface area (TPSA) is 94.0 Å². The second-order valence-electron chi connectivity index (χ2n) is 2.27. The highest BCUT2D eigenvalue weighted by molar-refractivity contribution is 5.90. The fourth-order valence-electron chi connectivity index (χ4n) is 0.910. The van der Waals surface area contributed by atoms with Gasteiger partial charge < -0.3 is 16.8 Å². The van der Waals surface area contributed by atoms with Crippen LogP contribution >= 0.6 is 0 Å². The molecule has 1 aromatic rings. The molecule has 0 aliphatic carbocycles. The van der Waals surface area contributed by atoms with Gasteiger partial charge in [-0.25, -0.2) is 4.98 Å². The van der Waals surface area contributed by atoms with E-state index in [1.54, 1.807) is 7.05 Å². The fourth-order valence-corrected chi connectivity index (χ4v) is 0.910. The molecule has 0 bridgehead atoms. The first-order valence-corrected chi connectivity index (χ1v) is 3.38. The average Bonchev–Trinajstić information content (AvgIpc) is 2.03. The Morgan fingerprint density at radius 1 is 1.58 bits per heavy atom. The zero-order valence-electron chi connectivity index (χ0n) is 6.66. The first-order valence-electron chi connectivity index (χ1n) is 3.38. The molecule has 0 amide bonds. The number of nitrogens with zero attached hydrogens (tertiary/aromatic N) is 1. The number of nitrogens with two attached hydrogens (primary N) is 2. The summed E-state index contributed by atoms with van der Waals surface area (Å²) in [6.07, 6.45) is 0.646. The van der Waals surface area contributed by atoms with Gasteiger partial charge in [0.05, 0.1) is 5.56 Å². The summed E-state index contributed by atoms with van der Waals surface area (Å²) >= 11 is 0. The molecular weight excluding hydrogens is 156 g/mol. The minimum Gasteiger partial charge on any atom is -0.398 e. The van der Waals surface area contributed by atoms with Crippen LogP contribution in [-0.2, 0) is 0 Å². The number of carbonyl (C=O) groups is 1. The molecule has 0 unspecified atom stereocenters. The van der Waals surface area contributed by atoms with E-state index < -0.39 is 0 Å². The van der Waals surface area contributed by atoms with Crippen molar-refractivity contribution in [3.63, 3.8) is 0 Å². The van der Waals surface area contributed by atoms with Gasteiger partial charge in [-0.1, -0.05) is 0 Å². The van der Waals surface area contributed by atoms with E-state index in [2.05, 4.69) is 10.3 Å². The van der Waals surface area contributed by atoms with Crippen LogP contribution < -0.4 is 16.8 Å². The maximum absolute atomic E-state index is 10.5. The maximum Gasteiger partial charge on any atom is 0.155 e. The van der Waals surface area contributed by atoms with Gasteiger partial charge in [0.15, 0.2) is 6.29 Å². The van der Waals surface area contributed by atoms with E-state index >= 15 is 0 Å². The van der Waals surface area contributed by atoms with Crippen molar-refractivity contribution in [2.24, 2.45) is 0 Å². The van der Waals surface area contributed by atoms with Crippen molar-refractivity contribution in [2.75, 3.05) is 23.8 Å². The predicted octanol–water partition coefficient (Wildman–Crippen LogP) is 0.100. The molecule has 0 radical (unpaired) electrons. The van der Waals surface area contributed by atoms with Gasteiger partial charge in [-0.15, -0.1) is 0 Å². The Morgan fingerprint density at radius 3 is 2.75 bits per heavy atom. The second kappa shape index (κ2) is 3.08. The molecule has 0 fully saturated rings. The SMILES string of the molecule is CNc1nc(N)cc(N)c1C=O. The Labute approximate surface area is 69.8 Å². The number of hydrogen-bond donors (Lipinski definition) is 3. The highest BCUT2D eigenvalue weighted by Gasteiger charge is 2.06. The quantitative estimate of drug-likeness (QED) is 0.542. The Bertz CT molecular complexity index is 311. The lowest BCUT2D eigenvalue weighted by Crippen LogP contribution is -2.04. The second-order valence-corrected chi connectivity index (χ2v) is 2.27. The zero-order valence-corrected chi connectivity index (χ0v) is 6.66. The average molecular weight is 166 g/mol. The van der Waals surface area contributed by atoms with Gasteiger partial charge in [0, 0.05) is 18.8 Å². The van der Waals surface area contributed by atoms with Gasteiger partial charge in [0.25, 0.3) is 0 Å². The van der Waals surface area contributed by atoms with Crippen LogP contribution in [0.5, 0.6) is 0 Å². The highest BCUT2D eigenvalue weighted by atomic mass is 16.1. The van der Waals surface area contributed by atoms with Crippen LogP contribution in [-0.4, -0.2) is 18.3 Å². The third-order valence-corrected chi connectivity index (χ3v) is 1.47. The lowest BCUT2D eigenvalue weighted by atomic mass is 10.2. The summed E-state index contributed by atoms with van der Waals surface area (Å²) in [6.45, 7) is 0. The van der Waals surface area contributed by atoms with E-state index in [1.165, 1.54) is 6.07 Å². The Hall–Kier alpha value is -1.78. The summed E-state index contributed by atoms with van der Waals surface area (Å²) in [7, 11) is 1.65. The van der Waals surface area contributed by atoms with Gasteiger partial charge in [-0.3, -0.25) is 4.79 Å². The minimum absolute atomic E-state index is 0.294. The highest BCUT2D eigenvalue weighted by Crippen LogP contribution is 2.19. The number of nitrogens with one attached hydrogen (secondary N) is 1. The molecule has 0 aliphatic rings. The maximum atomic E-state index is 10.5. The van der Waals surface area contributed by atoms with E-state index in [0.717, 1.165) is 0 Å². The number of carbonyl (C=O) groups excluding carboxylic acids is 1. The number of aromatic nitrogens is 1. The molecule has 1 rings (SSSR count). The van der Waals surface area contributed by atoms with Crippen molar-refractivity contribution in [2.45, 2.75) is 0 Å². The van der Waals surface area contributed by atoms with Crippen molar-refractivity contribution < 1.29 is 4.79 Å². The molecule has 0 aromatic carbocycles. The molecule has 0 saturated heterocycles. The van der Waals surface area contributed by atoms with Crippen molar-refractivity contribution >= 4 is 23.6 Å². The van der Waals surface area contributed by atoms with Crippen LogP contribution in [0, 0.1) is 0 Å². The molecule has 0 atom stereocenters. The molecule has 5 N–H and O–H groups in total. The van der Waals surface area contributed by atoms with Crippen molar-refractivity contribution in [1.29, 1.82) is 0 Å². The molecule has 5 nitrogen and oxygen atoms in total. The molecule has 0 saturated carbocycles. The standard InChI is InChI=1S/C7H10N4O/c1-10-7-4(3-12)5(8)2-6(9)11-7/h2-3H,1H3,(H5,8,9,10,11). The van der Waals surface area contributed by atoms with Gasteiger partial charge >= 0.3 is 0 Å². The van der Waals surface area contributed by atoms with Crippen molar-refractivity contribution in [1.82, 2.24) is 4.98 Å². The summed E-state index contributed by atoms with van der Waals surface area (Å²) in [6, 6.07) is 1.45. The van der Waals surface area contributed by atoms with Crippen LogP contribution in [0.2, 0.25) is 0 Å². The Kier molecular flexibility index (Phi) is 2.14. The van der Waals surface area contributed by atoms with Gasteiger partial charge in [0.2, 0.25) is 0 Å². The molecule has 64 valence electrons. The van der Waals surface area contributed by atoms with Crippen LogP contribution in [0.1, 0.15) is 10.4 Å². The van der Waals surface area contributed by atoms with E-state index in [9.17, 15) is 4.79 Å². The smallest absolute Gasteiger partial charge is 0.155 e. The van der Waals surface area contributed by atoms with Gasteiger partial charge in [-0.05, 0) is 0 Å². The molecular formula is C7H10N4O. The summed E-state index contributed by atoms with van der Waals surface area (Å²) < 4.78 is 0. The van der Waals surface area contributed by atoms with Crippen LogP contribution in [0.4, 0.5) is 17.3 Å². The summed E-state index contributed by atoms with van der Waals surface area (Å²) in [4.78, 5) is 14.4. The molecule has 5 heteroatoms. The van der Waals surface area contributed by atoms with Crippen LogP contribution in [0.15, 0.2) is 6.07 Å². The number of hydrogen-bond acceptors (Lipinski definition) is 5. The van der Waals surface area contributed by atoms with Crippen molar-refractivity contribution in [3.05, 3.63) is 11.6 Å². The van der Waals surface area contributed by atoms with Crippen LogP contribution in [0.3, 0.4) is 0 Å². The predicted molar refractivity (Wildman–Crippen MR) is 48.0 cm³/mol. The minimum atomic E-state index is 0.294. The number of anilines is 3. The van der Waals surface area contributed by atoms with E-state index in [-0.39, 0.29) is 0 Å². The number of pyridine rings is 1. The number of nitrogen functional groups attached to an aromatic ring is 2. The summed E-state index contributed by atoms with van der Waals surface area (Å²) in [5.74, 6) is 0.699. The third-order valence-electron chi connectivity index (χ3n) is 1.47. The van der Waals surface area contributed by atoms with E-state index in [4.69, 9.17) is 11.5 Å². The van der Waals surface area contributed by atoms with E-state index in [0.29, 0.717) is 29.2 Å².